The molecule has 1 aliphatic heterocycles. The number of hydrogen-bond acceptors (Lipinski definition) is 3. The average Bonchev–Trinajstić information content (AvgIpc) is 2.80. The summed E-state index contributed by atoms with van der Waals surface area (Å²) >= 11 is 1.97. The first-order chi connectivity index (χ1) is 9.53. The van der Waals surface area contributed by atoms with E-state index < -0.39 is 0 Å². The van der Waals surface area contributed by atoms with E-state index in [0.717, 1.165) is 17.3 Å². The van der Waals surface area contributed by atoms with Gasteiger partial charge in [0.05, 0.1) is 11.8 Å². The van der Waals surface area contributed by atoms with Crippen LogP contribution in [0.5, 0.6) is 0 Å². The maximum Gasteiger partial charge on any atom is 0.145 e. The van der Waals surface area contributed by atoms with Gasteiger partial charge in [0.25, 0.3) is 0 Å². The number of fused-ring (bicyclic) bond motifs is 1. The Morgan fingerprint density at radius 2 is 2.20 bits per heavy atom. The molecule has 108 valence electrons. The van der Waals surface area contributed by atoms with Crippen molar-refractivity contribution in [3.8, 4) is 0 Å². The van der Waals surface area contributed by atoms with E-state index >= 15 is 0 Å². The number of hydrogen-bond donors (Lipinski definition) is 0. The minimum absolute atomic E-state index is 0.140. The Morgan fingerprint density at radius 1 is 1.35 bits per heavy atom. The molecule has 0 radical (unpaired) electrons. The van der Waals surface area contributed by atoms with Crippen LogP contribution < -0.4 is 0 Å². The topological polar surface area (TPSA) is 22.1 Å². The summed E-state index contributed by atoms with van der Waals surface area (Å²) in [5.41, 5.74) is 3.20. The van der Waals surface area contributed by atoms with Crippen LogP contribution in [0.1, 0.15) is 49.9 Å². The molecular weight excluding hydrogens is 266 g/mol. The Hall–Kier alpha value is -0.540. The Labute approximate surface area is 125 Å². The Bertz CT molecular complexity index is 544. The zero-order valence-corrected chi connectivity index (χ0v) is 13.4. The molecule has 1 spiro atoms. The number of aryl methyl sites for hydroxylation is 1. The Morgan fingerprint density at radius 3 is 2.95 bits per heavy atom. The maximum atomic E-state index is 6.51. The van der Waals surface area contributed by atoms with Gasteiger partial charge in [-0.25, -0.2) is 0 Å². The summed E-state index contributed by atoms with van der Waals surface area (Å²) in [6.07, 6.45) is 4.47. The minimum Gasteiger partial charge on any atom is -0.357 e. The minimum atomic E-state index is 0.140. The van der Waals surface area contributed by atoms with E-state index in [1.807, 2.05) is 11.8 Å². The first kappa shape index (κ1) is 13.1. The van der Waals surface area contributed by atoms with Gasteiger partial charge in [0, 0.05) is 16.9 Å². The Balaban J connectivity index is 1.61. The van der Waals surface area contributed by atoms with Crippen LogP contribution in [0.2, 0.25) is 0 Å². The third-order valence-electron chi connectivity index (χ3n) is 6.29. The van der Waals surface area contributed by atoms with Gasteiger partial charge in [0.15, 0.2) is 0 Å². The molecule has 2 nitrogen and oxygen atoms in total. The van der Waals surface area contributed by atoms with Crippen molar-refractivity contribution in [1.29, 1.82) is 0 Å². The number of pyridine rings is 1. The van der Waals surface area contributed by atoms with E-state index in [1.54, 1.807) is 0 Å². The molecule has 3 heteroatoms. The number of nitrogens with zero attached hydrogens (tertiary/aromatic N) is 1. The highest BCUT2D eigenvalue weighted by molar-refractivity contribution is 7.99. The van der Waals surface area contributed by atoms with Crippen LogP contribution in [0.3, 0.4) is 0 Å². The summed E-state index contributed by atoms with van der Waals surface area (Å²) < 4.78 is 6.51. The van der Waals surface area contributed by atoms with Crippen molar-refractivity contribution in [2.45, 2.75) is 51.6 Å². The molecule has 3 aliphatic rings. The van der Waals surface area contributed by atoms with Gasteiger partial charge in [-0.15, -0.1) is 11.8 Å². The molecule has 0 amide bonds. The predicted molar refractivity (Wildman–Crippen MR) is 82.6 cm³/mol. The number of rotatable bonds is 1. The third-order valence-corrected chi connectivity index (χ3v) is 7.63. The fourth-order valence-corrected chi connectivity index (χ4v) is 6.46. The quantitative estimate of drug-likeness (QED) is 0.767. The van der Waals surface area contributed by atoms with Gasteiger partial charge in [-0.2, -0.15) is 0 Å². The maximum absolute atomic E-state index is 6.51. The monoisotopic (exact) mass is 289 g/mol. The highest BCUT2D eigenvalue weighted by Gasteiger charge is 2.66. The molecule has 0 unspecified atom stereocenters. The van der Waals surface area contributed by atoms with Crippen molar-refractivity contribution in [3.63, 3.8) is 0 Å². The number of aromatic nitrogens is 1. The Kier molecular flexibility index (Phi) is 2.78. The van der Waals surface area contributed by atoms with Crippen LogP contribution in [0.15, 0.2) is 18.2 Å². The van der Waals surface area contributed by atoms with Crippen LogP contribution in [0.4, 0.5) is 0 Å². The van der Waals surface area contributed by atoms with E-state index in [9.17, 15) is 0 Å². The summed E-state index contributed by atoms with van der Waals surface area (Å²) in [5, 5.41) is 0. The second-order valence-electron chi connectivity index (χ2n) is 7.32. The molecular formula is C17H23NOS. The predicted octanol–water partition coefficient (Wildman–Crippen LogP) is 4.35. The number of thioether (sulfide) groups is 1. The highest BCUT2D eigenvalue weighted by Crippen LogP contribution is 2.70. The molecule has 20 heavy (non-hydrogen) atoms. The van der Waals surface area contributed by atoms with Gasteiger partial charge < -0.3 is 4.74 Å². The van der Waals surface area contributed by atoms with Crippen LogP contribution >= 0.6 is 11.8 Å². The largest absolute Gasteiger partial charge is 0.357 e. The zero-order chi connectivity index (χ0) is 14.0. The summed E-state index contributed by atoms with van der Waals surface area (Å²) in [7, 11) is 0. The normalized spacial score (nSPS) is 41.6. The molecule has 0 aromatic carbocycles. The van der Waals surface area contributed by atoms with E-state index in [4.69, 9.17) is 4.74 Å². The fraction of sp³-hybridized carbons (Fsp3) is 0.706. The molecule has 4 rings (SSSR count). The summed E-state index contributed by atoms with van der Waals surface area (Å²) in [5.74, 6) is 2.10. The van der Waals surface area contributed by atoms with Crippen molar-refractivity contribution in [2.24, 2.45) is 16.7 Å². The fourth-order valence-electron chi connectivity index (χ4n) is 4.79. The first-order valence-electron chi connectivity index (χ1n) is 7.73. The molecule has 2 bridgehead atoms. The van der Waals surface area contributed by atoms with Gasteiger partial charge in [0.2, 0.25) is 0 Å². The molecule has 4 atom stereocenters. The van der Waals surface area contributed by atoms with Gasteiger partial charge in [-0.05, 0) is 49.7 Å². The van der Waals surface area contributed by atoms with E-state index in [2.05, 4.69) is 44.0 Å². The van der Waals surface area contributed by atoms with E-state index in [-0.39, 0.29) is 5.44 Å². The average molecular weight is 289 g/mol. The number of ether oxygens (including phenoxy) is 1. The second kappa shape index (κ2) is 4.23. The summed E-state index contributed by atoms with van der Waals surface area (Å²) in [6.45, 7) is 7.00. The van der Waals surface area contributed by atoms with Gasteiger partial charge >= 0.3 is 0 Å². The molecule has 3 fully saturated rings. The van der Waals surface area contributed by atoms with E-state index in [1.165, 1.54) is 25.0 Å². The zero-order valence-electron chi connectivity index (χ0n) is 12.6. The molecule has 1 saturated heterocycles. The molecule has 1 aromatic rings. The van der Waals surface area contributed by atoms with Gasteiger partial charge in [-0.3, -0.25) is 4.98 Å². The molecule has 0 N–H and O–H groups in total. The molecule has 2 saturated carbocycles. The highest BCUT2D eigenvalue weighted by atomic mass is 32.2. The lowest BCUT2D eigenvalue weighted by Crippen LogP contribution is -2.45. The second-order valence-corrected chi connectivity index (χ2v) is 8.37. The van der Waals surface area contributed by atoms with Crippen molar-refractivity contribution >= 4 is 11.8 Å². The SMILES string of the molecule is Cc1cccc([C@@H]2O[C@@H]3C[C@H]4CC[C@]3(CS2)C4(C)C)n1. The van der Waals surface area contributed by atoms with Crippen LogP contribution in [-0.2, 0) is 4.74 Å². The molecule has 2 heterocycles. The first-order valence-corrected chi connectivity index (χ1v) is 8.78. The third kappa shape index (κ3) is 1.59. The van der Waals surface area contributed by atoms with E-state index in [0.29, 0.717) is 16.9 Å². The molecule has 2 aliphatic carbocycles. The smallest absolute Gasteiger partial charge is 0.145 e. The van der Waals surface area contributed by atoms with Gasteiger partial charge in [-0.1, -0.05) is 19.9 Å². The standard InChI is InChI=1S/C17H23NOS/c1-11-5-4-6-13(18-11)15-19-14-9-12-7-8-17(14,10-20-15)16(12,2)3/h4-6,12,14-15H,7-10H2,1-3H3/t12-,14-,15-,17-/m1/s1. The van der Waals surface area contributed by atoms with Crippen molar-refractivity contribution in [2.75, 3.05) is 5.75 Å². The van der Waals surface area contributed by atoms with Crippen molar-refractivity contribution < 1.29 is 4.74 Å². The lowest BCUT2D eigenvalue weighted by atomic mass is 9.69. The lowest BCUT2D eigenvalue weighted by Gasteiger charge is -2.47. The van der Waals surface area contributed by atoms with Crippen molar-refractivity contribution in [1.82, 2.24) is 4.98 Å². The van der Waals surface area contributed by atoms with Crippen LogP contribution in [-0.4, -0.2) is 16.8 Å². The summed E-state index contributed by atoms with van der Waals surface area (Å²) in [4.78, 5) is 4.66. The van der Waals surface area contributed by atoms with Gasteiger partial charge in [0.1, 0.15) is 5.44 Å². The van der Waals surface area contributed by atoms with Crippen LogP contribution in [0, 0.1) is 23.7 Å². The lowest BCUT2D eigenvalue weighted by molar-refractivity contribution is -0.0680. The van der Waals surface area contributed by atoms with Crippen LogP contribution in [0.25, 0.3) is 0 Å². The molecule has 1 aromatic heterocycles. The summed E-state index contributed by atoms with van der Waals surface area (Å²) in [6, 6.07) is 6.26. The van der Waals surface area contributed by atoms with Crippen molar-refractivity contribution in [3.05, 3.63) is 29.6 Å².